The van der Waals surface area contributed by atoms with Gasteiger partial charge in [-0.05, 0) is 37.0 Å². The van der Waals surface area contributed by atoms with Gasteiger partial charge in [-0.1, -0.05) is 42.5 Å². The monoisotopic (exact) mass is 420 g/mol. The lowest BCUT2D eigenvalue weighted by molar-refractivity contribution is -0.122. The molecule has 4 rings (SSSR count). The molecule has 7 nitrogen and oxygen atoms in total. The standard InChI is InChI=1S/C24H28N4O3/c29-22(25-18-12-14-28(15-13-18)16-17-6-2-1-3-7-17)11-10-21-24(31)26-20-9-5-4-8-19(20)23(30)27-21/h1-9,18,21H,10-16H2,(H,25,29)(H,26,31)(H,27,30). The minimum atomic E-state index is -0.724. The summed E-state index contributed by atoms with van der Waals surface area (Å²) in [5.41, 5.74) is 2.24. The summed E-state index contributed by atoms with van der Waals surface area (Å²) in [5.74, 6) is -0.671. The Labute approximate surface area is 182 Å². The van der Waals surface area contributed by atoms with Gasteiger partial charge in [-0.2, -0.15) is 0 Å². The number of benzene rings is 2. The van der Waals surface area contributed by atoms with Gasteiger partial charge in [0.2, 0.25) is 11.8 Å². The average Bonchev–Trinajstić information content (AvgIpc) is 2.90. The van der Waals surface area contributed by atoms with Crippen molar-refractivity contribution in [3.8, 4) is 0 Å². The van der Waals surface area contributed by atoms with Gasteiger partial charge in [0.1, 0.15) is 6.04 Å². The van der Waals surface area contributed by atoms with Gasteiger partial charge >= 0.3 is 0 Å². The number of nitrogens with one attached hydrogen (secondary N) is 3. The van der Waals surface area contributed by atoms with Crippen molar-refractivity contribution in [2.45, 2.75) is 44.3 Å². The minimum absolute atomic E-state index is 0.0784. The van der Waals surface area contributed by atoms with E-state index in [9.17, 15) is 14.4 Å². The summed E-state index contributed by atoms with van der Waals surface area (Å²) in [6.45, 7) is 2.82. The van der Waals surface area contributed by atoms with Gasteiger partial charge in [0.25, 0.3) is 5.91 Å². The Kier molecular flexibility index (Phi) is 6.62. The molecule has 3 amide bonds. The Morgan fingerprint density at radius 3 is 2.48 bits per heavy atom. The lowest BCUT2D eigenvalue weighted by Crippen LogP contribution is -2.45. The highest BCUT2D eigenvalue weighted by Gasteiger charge is 2.28. The molecule has 0 radical (unpaired) electrons. The molecule has 1 unspecified atom stereocenters. The van der Waals surface area contributed by atoms with E-state index in [2.05, 4.69) is 45.1 Å². The fraction of sp³-hybridized carbons (Fsp3) is 0.375. The van der Waals surface area contributed by atoms with Crippen LogP contribution in [0.2, 0.25) is 0 Å². The van der Waals surface area contributed by atoms with Crippen molar-refractivity contribution < 1.29 is 14.4 Å². The number of hydrogen-bond donors (Lipinski definition) is 3. The highest BCUT2D eigenvalue weighted by atomic mass is 16.2. The number of hydrogen-bond acceptors (Lipinski definition) is 4. The van der Waals surface area contributed by atoms with Gasteiger partial charge < -0.3 is 16.0 Å². The largest absolute Gasteiger partial charge is 0.353 e. The zero-order chi connectivity index (χ0) is 21.6. The molecule has 1 atom stereocenters. The number of carbonyl (C=O) groups excluding carboxylic acids is 3. The number of piperidine rings is 1. The smallest absolute Gasteiger partial charge is 0.254 e. The van der Waals surface area contributed by atoms with Gasteiger partial charge in [0, 0.05) is 32.1 Å². The molecule has 1 saturated heterocycles. The number of fused-ring (bicyclic) bond motifs is 1. The Morgan fingerprint density at radius 2 is 1.71 bits per heavy atom. The molecule has 7 heteroatoms. The van der Waals surface area contributed by atoms with Crippen molar-refractivity contribution in [2.24, 2.45) is 0 Å². The van der Waals surface area contributed by atoms with E-state index in [-0.39, 0.29) is 36.6 Å². The molecule has 31 heavy (non-hydrogen) atoms. The summed E-state index contributed by atoms with van der Waals surface area (Å²) in [7, 11) is 0. The lowest BCUT2D eigenvalue weighted by atomic mass is 10.0. The van der Waals surface area contributed by atoms with Crippen LogP contribution < -0.4 is 16.0 Å². The molecule has 2 aromatic carbocycles. The summed E-state index contributed by atoms with van der Waals surface area (Å²) in [5, 5.41) is 8.60. The van der Waals surface area contributed by atoms with Crippen molar-refractivity contribution in [3.63, 3.8) is 0 Å². The predicted octanol–water partition coefficient (Wildman–Crippen LogP) is 2.30. The van der Waals surface area contributed by atoms with E-state index in [1.54, 1.807) is 24.3 Å². The van der Waals surface area contributed by atoms with Crippen LogP contribution in [0.1, 0.15) is 41.6 Å². The molecule has 2 aromatic rings. The van der Waals surface area contributed by atoms with E-state index in [0.29, 0.717) is 11.3 Å². The third-order valence-electron chi connectivity index (χ3n) is 5.91. The summed E-state index contributed by atoms with van der Waals surface area (Å²) in [6, 6.07) is 16.7. The molecule has 0 saturated carbocycles. The quantitative estimate of drug-likeness (QED) is 0.669. The molecule has 0 aliphatic carbocycles. The van der Waals surface area contributed by atoms with Crippen molar-refractivity contribution in [1.82, 2.24) is 15.5 Å². The zero-order valence-electron chi connectivity index (χ0n) is 17.5. The number of rotatable bonds is 6. The molecule has 162 valence electrons. The molecule has 2 heterocycles. The molecule has 0 bridgehead atoms. The molecule has 3 N–H and O–H groups in total. The molecule has 0 spiro atoms. The first-order valence-corrected chi connectivity index (χ1v) is 10.8. The second kappa shape index (κ2) is 9.75. The van der Waals surface area contributed by atoms with E-state index < -0.39 is 6.04 Å². The SMILES string of the molecule is O=C(CCC1NC(=O)c2ccccc2NC1=O)NC1CCN(Cc2ccccc2)CC1. The Balaban J connectivity index is 1.21. The second-order valence-corrected chi connectivity index (χ2v) is 8.20. The van der Waals surface area contributed by atoms with Crippen LogP contribution in [0.4, 0.5) is 5.69 Å². The van der Waals surface area contributed by atoms with Gasteiger partial charge in [-0.15, -0.1) is 0 Å². The number of amides is 3. The number of para-hydroxylation sites is 1. The summed E-state index contributed by atoms with van der Waals surface area (Å²) >= 11 is 0. The Bertz CT molecular complexity index is 939. The van der Waals surface area contributed by atoms with Crippen LogP contribution in [-0.4, -0.2) is 47.8 Å². The van der Waals surface area contributed by atoms with Crippen molar-refractivity contribution >= 4 is 23.4 Å². The van der Waals surface area contributed by atoms with Gasteiger partial charge in [-0.3, -0.25) is 19.3 Å². The van der Waals surface area contributed by atoms with Crippen LogP contribution >= 0.6 is 0 Å². The normalized spacial score (nSPS) is 19.7. The topological polar surface area (TPSA) is 90.5 Å². The van der Waals surface area contributed by atoms with Crippen LogP contribution in [0.25, 0.3) is 0 Å². The van der Waals surface area contributed by atoms with Crippen LogP contribution in [0.15, 0.2) is 54.6 Å². The molecular formula is C24H28N4O3. The fourth-order valence-corrected chi connectivity index (χ4v) is 4.17. The summed E-state index contributed by atoms with van der Waals surface area (Å²) in [4.78, 5) is 39.7. The molecule has 2 aliphatic rings. The van der Waals surface area contributed by atoms with Crippen LogP contribution in [-0.2, 0) is 16.1 Å². The zero-order valence-corrected chi connectivity index (χ0v) is 17.5. The first kappa shape index (κ1) is 21.1. The fourth-order valence-electron chi connectivity index (χ4n) is 4.17. The molecule has 2 aliphatic heterocycles. The minimum Gasteiger partial charge on any atom is -0.353 e. The Morgan fingerprint density at radius 1 is 1.00 bits per heavy atom. The highest BCUT2D eigenvalue weighted by Crippen LogP contribution is 2.19. The van der Waals surface area contributed by atoms with Crippen LogP contribution in [0.3, 0.4) is 0 Å². The third kappa shape index (κ3) is 5.49. The maximum atomic E-state index is 12.4. The van der Waals surface area contributed by atoms with Gasteiger partial charge in [0.15, 0.2) is 0 Å². The second-order valence-electron chi connectivity index (χ2n) is 8.20. The number of carbonyl (C=O) groups is 3. The predicted molar refractivity (Wildman–Crippen MR) is 118 cm³/mol. The number of anilines is 1. The van der Waals surface area contributed by atoms with Crippen molar-refractivity contribution in [3.05, 3.63) is 65.7 Å². The van der Waals surface area contributed by atoms with Crippen LogP contribution in [0, 0.1) is 0 Å². The van der Waals surface area contributed by atoms with E-state index in [4.69, 9.17) is 0 Å². The summed E-state index contributed by atoms with van der Waals surface area (Å²) < 4.78 is 0. The Hall–Kier alpha value is -3.19. The van der Waals surface area contributed by atoms with E-state index in [0.717, 1.165) is 32.5 Å². The lowest BCUT2D eigenvalue weighted by Gasteiger charge is -2.32. The number of likely N-dealkylation sites (tertiary alicyclic amines) is 1. The maximum absolute atomic E-state index is 12.4. The maximum Gasteiger partial charge on any atom is 0.254 e. The third-order valence-corrected chi connectivity index (χ3v) is 5.91. The van der Waals surface area contributed by atoms with E-state index in [1.165, 1.54) is 5.56 Å². The molecule has 1 fully saturated rings. The average molecular weight is 421 g/mol. The first-order valence-electron chi connectivity index (χ1n) is 10.8. The van der Waals surface area contributed by atoms with Crippen molar-refractivity contribution in [2.75, 3.05) is 18.4 Å². The highest BCUT2D eigenvalue weighted by molar-refractivity contribution is 6.09. The molecular weight excluding hydrogens is 392 g/mol. The summed E-state index contributed by atoms with van der Waals surface area (Å²) in [6.07, 6.45) is 2.28. The van der Waals surface area contributed by atoms with Gasteiger partial charge in [-0.25, -0.2) is 0 Å². The van der Waals surface area contributed by atoms with Crippen molar-refractivity contribution in [1.29, 1.82) is 0 Å². The number of nitrogens with zero attached hydrogens (tertiary/aromatic N) is 1. The van der Waals surface area contributed by atoms with Crippen LogP contribution in [0.5, 0.6) is 0 Å². The first-order chi connectivity index (χ1) is 15.1. The molecule has 0 aromatic heterocycles. The van der Waals surface area contributed by atoms with E-state index in [1.807, 2.05) is 6.07 Å². The van der Waals surface area contributed by atoms with E-state index >= 15 is 0 Å². The van der Waals surface area contributed by atoms with Gasteiger partial charge in [0.05, 0.1) is 11.3 Å².